The quantitative estimate of drug-likeness (QED) is 0.342. The molecule has 0 bridgehead atoms. The highest BCUT2D eigenvalue weighted by atomic mass is 35.5. The van der Waals surface area contributed by atoms with E-state index in [9.17, 15) is 19.8 Å². The second-order valence-electron chi connectivity index (χ2n) is 11.2. The van der Waals surface area contributed by atoms with Gasteiger partial charge in [0.1, 0.15) is 24.9 Å². The molecule has 0 radical (unpaired) electrons. The highest BCUT2D eigenvalue weighted by molar-refractivity contribution is 6.30. The van der Waals surface area contributed by atoms with E-state index in [4.69, 9.17) is 25.8 Å². The third kappa shape index (κ3) is 6.38. The lowest BCUT2D eigenvalue weighted by atomic mass is 9.89. The van der Waals surface area contributed by atoms with Crippen LogP contribution in [0.5, 0.6) is 11.5 Å². The van der Waals surface area contributed by atoms with E-state index >= 15 is 0 Å². The molecule has 0 aliphatic carbocycles. The molecule has 2 aliphatic heterocycles. The number of ether oxygens (including phenoxy) is 3. The number of halogens is 1. The van der Waals surface area contributed by atoms with Crippen molar-refractivity contribution < 1.29 is 34.0 Å². The van der Waals surface area contributed by atoms with E-state index in [0.717, 1.165) is 25.9 Å². The molecule has 1 fully saturated rings. The van der Waals surface area contributed by atoms with Gasteiger partial charge in [-0.25, -0.2) is 9.28 Å². The maximum Gasteiger partial charge on any atom is 0.368 e. The van der Waals surface area contributed by atoms with Gasteiger partial charge in [-0.15, -0.1) is 0 Å². The zero-order valence-electron chi connectivity index (χ0n) is 24.2. The number of carbonyl (C=O) groups excluding carboxylic acids is 2. The maximum absolute atomic E-state index is 14.8. The highest BCUT2D eigenvalue weighted by Gasteiger charge is 2.54. The molecule has 2 amide bonds. The number of aliphatic hydroxyl groups excluding tert-OH is 2. The zero-order valence-corrected chi connectivity index (χ0v) is 24.9. The summed E-state index contributed by atoms with van der Waals surface area (Å²) in [4.78, 5) is 29.5. The molecule has 1 unspecified atom stereocenters. The minimum Gasteiger partial charge on any atom is -0.493 e. The monoisotopic (exact) mass is 590 g/mol. The molecule has 3 N–H and O–H groups in total. The normalized spacial score (nSPS) is 23.1. The van der Waals surface area contributed by atoms with Crippen LogP contribution in [0.3, 0.4) is 0 Å². The number of fused-ring (bicyclic) bond motifs is 1. The van der Waals surface area contributed by atoms with Gasteiger partial charge in [0.15, 0.2) is 11.5 Å². The lowest BCUT2D eigenvalue weighted by molar-refractivity contribution is -0.152. The molecule has 0 aromatic heterocycles. The van der Waals surface area contributed by atoms with Gasteiger partial charge in [-0.1, -0.05) is 23.7 Å². The Morgan fingerprint density at radius 1 is 1.15 bits per heavy atom. The third-order valence-corrected chi connectivity index (χ3v) is 8.35. The average molecular weight is 591 g/mol. The first-order chi connectivity index (χ1) is 19.6. The Labute approximate surface area is 246 Å². The van der Waals surface area contributed by atoms with Gasteiger partial charge in [0.2, 0.25) is 12.1 Å². The van der Waals surface area contributed by atoms with Gasteiger partial charge in [0, 0.05) is 35.7 Å². The van der Waals surface area contributed by atoms with Gasteiger partial charge in [-0.2, -0.15) is 0 Å². The summed E-state index contributed by atoms with van der Waals surface area (Å²) >= 11 is 6.57. The van der Waals surface area contributed by atoms with E-state index in [0.29, 0.717) is 46.4 Å². The molecular weight excluding hydrogens is 550 g/mol. The van der Waals surface area contributed by atoms with Crippen LogP contribution >= 0.6 is 11.6 Å². The molecule has 11 heteroatoms. The van der Waals surface area contributed by atoms with Crippen LogP contribution in [0.4, 0.5) is 5.69 Å². The molecule has 41 heavy (non-hydrogen) atoms. The van der Waals surface area contributed by atoms with Crippen molar-refractivity contribution in [2.45, 2.75) is 39.0 Å². The minimum atomic E-state index is -1.35. The topological polar surface area (TPSA) is 118 Å². The van der Waals surface area contributed by atoms with E-state index in [2.05, 4.69) is 10.2 Å². The summed E-state index contributed by atoms with van der Waals surface area (Å²) in [5, 5.41) is 23.9. The Morgan fingerprint density at radius 2 is 1.85 bits per heavy atom. The molecule has 1 saturated heterocycles. The first kappa shape index (κ1) is 31.2. The van der Waals surface area contributed by atoms with Gasteiger partial charge in [0.05, 0.1) is 32.8 Å². The van der Waals surface area contributed by atoms with Crippen molar-refractivity contribution in [3.63, 3.8) is 0 Å². The van der Waals surface area contributed by atoms with Gasteiger partial charge >= 0.3 is 5.91 Å². The summed E-state index contributed by atoms with van der Waals surface area (Å²) in [6.07, 6.45) is -0.0587. The van der Waals surface area contributed by atoms with Crippen molar-refractivity contribution in [1.82, 2.24) is 14.7 Å². The number of aliphatic hydroxyl groups is 2. The Bertz CT molecular complexity index is 1250. The van der Waals surface area contributed by atoms with Crippen molar-refractivity contribution >= 4 is 29.1 Å². The Balaban J connectivity index is 2.00. The smallest absolute Gasteiger partial charge is 0.368 e. The molecule has 2 aliphatic rings. The molecule has 10 nitrogen and oxygen atoms in total. The van der Waals surface area contributed by atoms with Crippen molar-refractivity contribution in [1.29, 1.82) is 0 Å². The number of methoxy groups -OCH3 is 2. The summed E-state index contributed by atoms with van der Waals surface area (Å²) < 4.78 is 17.5. The number of hydrogen-bond donors (Lipinski definition) is 3. The van der Waals surface area contributed by atoms with Crippen LogP contribution in [0.25, 0.3) is 0 Å². The molecule has 224 valence electrons. The standard InChI is InChI=1S/C30H40ClN3O7/c1-20(37)32-28-29(38)34(17-30(2,18-35)19-36,15-14-33-12-5-6-13-33)24-11-10-21(31)16-23(24)26(41-28)22-8-7-9-25(39-3)27(22)40-4/h7-11,16,26,28,35-36H,5-6,12-15,17-19H2,1-4H3/p+1/t26-,28-,34?/m1/s1. The zero-order chi connectivity index (χ0) is 29.8. The summed E-state index contributed by atoms with van der Waals surface area (Å²) in [6, 6.07) is 10.7. The summed E-state index contributed by atoms with van der Waals surface area (Å²) in [5.74, 6) is 0.0631. The Morgan fingerprint density at radius 3 is 2.46 bits per heavy atom. The number of para-hydroxylation sites is 1. The fraction of sp³-hybridized carbons (Fsp3) is 0.533. The molecule has 2 aromatic rings. The number of nitrogens with one attached hydrogen (secondary N) is 1. The average Bonchev–Trinajstić information content (AvgIpc) is 3.47. The minimum absolute atomic E-state index is 0.0721. The van der Waals surface area contributed by atoms with Crippen LogP contribution in [0.15, 0.2) is 36.4 Å². The van der Waals surface area contributed by atoms with Crippen LogP contribution < -0.4 is 19.3 Å². The van der Waals surface area contributed by atoms with Crippen molar-refractivity contribution in [2.24, 2.45) is 5.41 Å². The largest absolute Gasteiger partial charge is 0.493 e. The summed E-state index contributed by atoms with van der Waals surface area (Å²) in [5.41, 5.74) is 0.802. The van der Waals surface area contributed by atoms with E-state index in [-0.39, 0.29) is 24.2 Å². The Hall–Kier alpha value is -2.73. The third-order valence-electron chi connectivity index (χ3n) is 8.11. The van der Waals surface area contributed by atoms with E-state index < -0.39 is 29.6 Å². The second-order valence-corrected chi connectivity index (χ2v) is 11.7. The van der Waals surface area contributed by atoms with Crippen LogP contribution in [-0.4, -0.2) is 93.3 Å². The molecule has 4 rings (SSSR count). The number of nitrogens with zero attached hydrogens (tertiary/aromatic N) is 2. The van der Waals surface area contributed by atoms with Crippen molar-refractivity contribution in [2.75, 3.05) is 60.2 Å². The number of rotatable bonds is 11. The Kier molecular flexibility index (Phi) is 9.94. The molecule has 2 aromatic carbocycles. The summed E-state index contributed by atoms with van der Waals surface area (Å²) in [6.45, 7) is 5.24. The number of benzene rings is 2. The highest BCUT2D eigenvalue weighted by Crippen LogP contribution is 2.47. The molecule has 3 atom stereocenters. The van der Waals surface area contributed by atoms with Crippen LogP contribution in [0.2, 0.25) is 5.02 Å². The van der Waals surface area contributed by atoms with E-state index in [1.807, 2.05) is 12.1 Å². The van der Waals surface area contributed by atoms with Gasteiger partial charge in [-0.05, 0) is 51.1 Å². The van der Waals surface area contributed by atoms with E-state index in [1.165, 1.54) is 21.1 Å². The maximum atomic E-state index is 14.8. The van der Waals surface area contributed by atoms with Crippen LogP contribution in [0, 0.1) is 5.41 Å². The SMILES string of the molecule is COc1cccc([C@H]2O[C@@H](NC(C)=O)C(=O)[N+](CCN3CCCC3)(CC(C)(CO)CO)c3ccc(Cl)cc32)c1OC. The number of likely N-dealkylation sites (tertiary alicyclic amines) is 1. The van der Waals surface area contributed by atoms with E-state index in [1.54, 1.807) is 31.2 Å². The molecule has 0 saturated carbocycles. The number of hydrogen-bond acceptors (Lipinski definition) is 8. The second kappa shape index (κ2) is 13.1. The van der Waals surface area contributed by atoms with Crippen LogP contribution in [-0.2, 0) is 14.3 Å². The number of carbonyl (C=O) groups is 2. The van der Waals surface area contributed by atoms with Crippen LogP contribution in [0.1, 0.15) is 43.9 Å². The fourth-order valence-corrected chi connectivity index (χ4v) is 6.15. The first-order valence-corrected chi connectivity index (χ1v) is 14.3. The van der Waals surface area contributed by atoms with Gasteiger partial charge < -0.3 is 29.7 Å². The molecular formula is C30H41ClN3O7+. The van der Waals surface area contributed by atoms with Crippen molar-refractivity contribution in [3.8, 4) is 11.5 Å². The number of quaternary nitrogens is 1. The molecule has 2 heterocycles. The van der Waals surface area contributed by atoms with Crippen molar-refractivity contribution in [3.05, 3.63) is 52.5 Å². The predicted molar refractivity (Wildman–Crippen MR) is 156 cm³/mol. The fourth-order valence-electron chi connectivity index (χ4n) is 5.97. The molecule has 0 spiro atoms. The summed E-state index contributed by atoms with van der Waals surface area (Å²) in [7, 11) is 3.06. The lowest BCUT2D eigenvalue weighted by Gasteiger charge is -2.42. The lowest BCUT2D eigenvalue weighted by Crippen LogP contribution is -2.66. The first-order valence-electron chi connectivity index (χ1n) is 13.9. The predicted octanol–water partition coefficient (Wildman–Crippen LogP) is 2.86. The van der Waals surface area contributed by atoms with Gasteiger partial charge in [0.25, 0.3) is 0 Å². The number of amides is 2. The van der Waals surface area contributed by atoms with Gasteiger partial charge in [-0.3, -0.25) is 9.69 Å².